The predicted molar refractivity (Wildman–Crippen MR) is 392 cm³/mol. The number of rotatable bonds is 10. The van der Waals surface area contributed by atoms with Crippen LogP contribution in [0.25, 0.3) is 55.6 Å². The first-order valence-electron chi connectivity index (χ1n) is 34.0. The van der Waals surface area contributed by atoms with E-state index in [4.69, 9.17) is 0 Å². The van der Waals surface area contributed by atoms with E-state index in [1.54, 1.807) is 24.3 Å². The van der Waals surface area contributed by atoms with Crippen molar-refractivity contribution < 1.29 is 26.3 Å². The molecule has 0 aromatic heterocycles. The highest BCUT2D eigenvalue weighted by Crippen LogP contribution is 2.64. The fourth-order valence-corrected chi connectivity index (χ4v) is 18.0. The Kier molecular flexibility index (Phi) is 13.7. The van der Waals surface area contributed by atoms with E-state index in [0.717, 1.165) is 154 Å². The summed E-state index contributed by atoms with van der Waals surface area (Å²) in [6.07, 6.45) is -5.22. The first-order chi connectivity index (χ1) is 48.1. The number of hydrogen-bond donors (Lipinski definition) is 0. The molecule has 2 atom stereocenters. The normalized spacial score (nSPS) is 17.6. The lowest BCUT2D eigenvalue weighted by Crippen LogP contribution is -2.68. The van der Waals surface area contributed by atoms with Crippen molar-refractivity contribution in [2.24, 2.45) is 0 Å². The van der Waals surface area contributed by atoms with Crippen LogP contribution in [-0.4, -0.2) is 12.3 Å². The van der Waals surface area contributed by atoms with E-state index in [1.807, 2.05) is 60.7 Å². The Morgan fingerprint density at radius 1 is 0.323 bits per heavy atom. The van der Waals surface area contributed by atoms with Crippen molar-refractivity contribution in [2.75, 3.05) is 14.7 Å². The molecule has 13 aromatic rings. The van der Waals surface area contributed by atoms with Gasteiger partial charge in [-0.3, -0.25) is 0 Å². The molecule has 1 fully saturated rings. The van der Waals surface area contributed by atoms with Crippen LogP contribution >= 0.6 is 0 Å². The van der Waals surface area contributed by atoms with Gasteiger partial charge in [0.25, 0.3) is 6.71 Å². The number of benzene rings is 13. The van der Waals surface area contributed by atoms with E-state index in [2.05, 4.69) is 223 Å². The molecule has 0 N–H and O–H groups in total. The SMILES string of the molecule is CC12CCCCC1(C)N(c1cc3c4c(c1)N(c1c(-c5ccccc5)cccc1-c1ccc(C(F)(F)F)cc1)c1cccc5c1B4c1c(cccc1C5(c1ccccc1)c1ccccc1)N3c1c(-c3ccccc3)cccc1-c1ccc(C(F)(F)F)cc1)c1ccc(-c3ccccc3)cc12. The van der Waals surface area contributed by atoms with Crippen LogP contribution in [0.5, 0.6) is 0 Å². The first-order valence-corrected chi connectivity index (χ1v) is 34.0. The summed E-state index contributed by atoms with van der Waals surface area (Å²) in [7, 11) is 0. The molecule has 0 spiro atoms. The second-order valence-electron chi connectivity index (χ2n) is 27.5. The van der Waals surface area contributed by atoms with E-state index in [1.165, 1.54) is 29.8 Å². The third-order valence-electron chi connectivity index (χ3n) is 22.5. The van der Waals surface area contributed by atoms with Gasteiger partial charge in [-0.25, -0.2) is 0 Å². The molecule has 2 unspecified atom stereocenters. The molecular formula is C89H64BF6N3. The third kappa shape index (κ3) is 9.00. The van der Waals surface area contributed by atoms with Crippen LogP contribution in [0.1, 0.15) is 78.5 Å². The van der Waals surface area contributed by atoms with Gasteiger partial charge in [-0.1, -0.05) is 262 Å². The third-order valence-corrected chi connectivity index (χ3v) is 22.5. The molecule has 13 aromatic carbocycles. The Morgan fingerprint density at radius 3 is 1.14 bits per heavy atom. The lowest BCUT2D eigenvalue weighted by atomic mass is 9.28. The molecule has 3 nitrogen and oxygen atoms in total. The van der Waals surface area contributed by atoms with Gasteiger partial charge in [-0.2, -0.15) is 26.3 Å². The number of nitrogens with zero attached hydrogens (tertiary/aromatic N) is 3. The van der Waals surface area contributed by atoms with Crippen LogP contribution < -0.4 is 31.1 Å². The van der Waals surface area contributed by atoms with Crippen LogP contribution in [0.2, 0.25) is 0 Å². The molecule has 0 bridgehead atoms. The van der Waals surface area contributed by atoms with Crippen LogP contribution in [0.15, 0.2) is 303 Å². The Morgan fingerprint density at radius 2 is 0.707 bits per heavy atom. The van der Waals surface area contributed by atoms with Gasteiger partial charge in [-0.15, -0.1) is 0 Å². The van der Waals surface area contributed by atoms with Crippen molar-refractivity contribution in [3.8, 4) is 55.6 Å². The molecule has 10 heteroatoms. The Hall–Kier alpha value is -11.1. The molecule has 0 saturated heterocycles. The van der Waals surface area contributed by atoms with Crippen LogP contribution in [-0.2, 0) is 23.2 Å². The largest absolute Gasteiger partial charge is 0.416 e. The Balaban J connectivity index is 1.04. The van der Waals surface area contributed by atoms with E-state index in [0.29, 0.717) is 11.1 Å². The number of fused-ring (bicyclic) bond motifs is 3. The molecule has 4 heterocycles. The maximum Gasteiger partial charge on any atom is 0.416 e. The zero-order chi connectivity index (χ0) is 67.2. The van der Waals surface area contributed by atoms with Gasteiger partial charge in [0.15, 0.2) is 0 Å². The standard InChI is InChI=1S/C89H64BF6N3/c1-85-52-18-19-53-86(85,2)99(75-51-46-62(54-74(75)85)57-24-8-3-9-25-57)67-55-78-82-79(56-67)98(84-69(59-28-12-5-13-29-59)35-21-37-71(84)61-44-49-66(50-45-61)89(94,95)96)77-41-23-39-73-81(77)90(82)80-72(87(73,63-30-14-6-15-31-63)64-32-16-7-17-33-64)38-22-40-76(80)97(78)83-68(58-26-10-4-11-27-58)34-20-36-70(83)60-42-47-65(48-43-60)88(91,92)93/h3-17,20-51,54-56H,18-19,52-53H2,1-2H3. The molecule has 0 amide bonds. The summed E-state index contributed by atoms with van der Waals surface area (Å²) in [6.45, 7) is 4.48. The first kappa shape index (κ1) is 60.3. The topological polar surface area (TPSA) is 9.72 Å². The average Bonchev–Trinajstić information content (AvgIpc) is 1.25. The molecule has 18 rings (SSSR count). The van der Waals surface area contributed by atoms with E-state index in [-0.39, 0.29) is 5.41 Å². The summed E-state index contributed by atoms with van der Waals surface area (Å²) in [5, 5.41) is 0. The molecule has 5 aliphatic rings. The maximum absolute atomic E-state index is 14.8. The van der Waals surface area contributed by atoms with Gasteiger partial charge >= 0.3 is 12.4 Å². The predicted octanol–water partition coefficient (Wildman–Crippen LogP) is 22.6. The van der Waals surface area contributed by atoms with E-state index in [9.17, 15) is 26.3 Å². The molecule has 99 heavy (non-hydrogen) atoms. The molecule has 480 valence electrons. The minimum atomic E-state index is -4.57. The van der Waals surface area contributed by atoms with Gasteiger partial charge < -0.3 is 14.7 Å². The van der Waals surface area contributed by atoms with Crippen molar-refractivity contribution >= 4 is 68.6 Å². The van der Waals surface area contributed by atoms with Gasteiger partial charge in [0, 0.05) is 61.8 Å². The van der Waals surface area contributed by atoms with E-state index >= 15 is 0 Å². The second-order valence-corrected chi connectivity index (χ2v) is 27.5. The molecule has 0 radical (unpaired) electrons. The summed E-state index contributed by atoms with van der Waals surface area (Å²) in [4.78, 5) is 7.53. The van der Waals surface area contributed by atoms with Crippen LogP contribution in [0, 0.1) is 0 Å². The molecule has 4 aliphatic heterocycles. The molecule has 1 aliphatic carbocycles. The monoisotopic (exact) mass is 1300 g/mol. The molecule has 1 saturated carbocycles. The van der Waals surface area contributed by atoms with Gasteiger partial charge in [-0.05, 0) is 158 Å². The zero-order valence-corrected chi connectivity index (χ0v) is 54.4. The van der Waals surface area contributed by atoms with Crippen molar-refractivity contribution in [1.82, 2.24) is 0 Å². The highest BCUT2D eigenvalue weighted by atomic mass is 19.4. The van der Waals surface area contributed by atoms with Crippen molar-refractivity contribution in [3.05, 3.63) is 342 Å². The minimum Gasteiger partial charge on any atom is -0.334 e. The quantitative estimate of drug-likeness (QED) is 0.0998. The zero-order valence-electron chi connectivity index (χ0n) is 54.4. The number of anilines is 8. The van der Waals surface area contributed by atoms with Crippen molar-refractivity contribution in [1.29, 1.82) is 0 Å². The summed E-state index contributed by atoms with van der Waals surface area (Å²) in [6, 6.07) is 101. The number of hydrogen-bond acceptors (Lipinski definition) is 3. The average molecular weight is 1300 g/mol. The summed E-state index contributed by atoms with van der Waals surface area (Å²) >= 11 is 0. The second kappa shape index (κ2) is 22.5. The fraction of sp³-hybridized carbons (Fsp3) is 0.124. The highest BCUT2D eigenvalue weighted by Gasteiger charge is 2.60. The van der Waals surface area contributed by atoms with Gasteiger partial charge in [0.05, 0.1) is 33.5 Å². The van der Waals surface area contributed by atoms with Crippen LogP contribution in [0.3, 0.4) is 0 Å². The highest BCUT2D eigenvalue weighted by molar-refractivity contribution is 7.01. The lowest BCUT2D eigenvalue weighted by molar-refractivity contribution is -0.138. The summed E-state index contributed by atoms with van der Waals surface area (Å²) < 4.78 is 88.7. The fourth-order valence-electron chi connectivity index (χ4n) is 18.0. The van der Waals surface area contributed by atoms with Crippen LogP contribution in [0.4, 0.5) is 71.8 Å². The van der Waals surface area contributed by atoms with Gasteiger partial charge in [0.1, 0.15) is 0 Å². The van der Waals surface area contributed by atoms with E-state index < -0.39 is 41.1 Å². The lowest BCUT2D eigenvalue weighted by Gasteiger charge is -2.53. The number of para-hydroxylation sites is 2. The maximum atomic E-state index is 14.8. The molecular weight excluding hydrogens is 1240 g/mol. The van der Waals surface area contributed by atoms with Crippen molar-refractivity contribution in [3.63, 3.8) is 0 Å². The Bertz CT molecular complexity index is 5070. The van der Waals surface area contributed by atoms with Gasteiger partial charge in [0.2, 0.25) is 0 Å². The van der Waals surface area contributed by atoms with Crippen molar-refractivity contribution in [2.45, 2.75) is 68.3 Å². The summed E-state index contributed by atoms with van der Waals surface area (Å²) in [5.74, 6) is 0. The Labute approximate surface area is 572 Å². The summed E-state index contributed by atoms with van der Waals surface area (Å²) in [5.41, 5.74) is 21.3. The minimum absolute atomic E-state index is 0.326. The number of alkyl halides is 6. The smallest absolute Gasteiger partial charge is 0.334 e. The number of halogens is 6.